The minimum absolute atomic E-state index is 0.0703. The van der Waals surface area contributed by atoms with E-state index in [4.69, 9.17) is 0 Å². The highest BCUT2D eigenvalue weighted by Crippen LogP contribution is 2.29. The van der Waals surface area contributed by atoms with Crippen molar-refractivity contribution in [2.45, 2.75) is 26.4 Å². The molecular weight excluding hydrogens is 292 g/mol. The maximum absolute atomic E-state index is 12.9. The van der Waals surface area contributed by atoms with Crippen molar-refractivity contribution in [1.82, 2.24) is 9.47 Å². The molecule has 2 aromatic heterocycles. The SMILES string of the molecule is CC(C)n1c(C(=O)N(C)Cc2ccccc2)cc2sccc21. The normalized spacial score (nSPS) is 11.3. The van der Waals surface area contributed by atoms with Crippen LogP contribution in [0.3, 0.4) is 0 Å². The highest BCUT2D eigenvalue weighted by atomic mass is 32.1. The van der Waals surface area contributed by atoms with Crippen LogP contribution in [0, 0.1) is 0 Å². The Morgan fingerprint density at radius 2 is 1.95 bits per heavy atom. The number of aromatic nitrogens is 1. The summed E-state index contributed by atoms with van der Waals surface area (Å²) in [6.07, 6.45) is 0. The second-order valence-corrected chi connectivity index (χ2v) is 6.76. The van der Waals surface area contributed by atoms with E-state index in [0.717, 1.165) is 16.8 Å². The maximum Gasteiger partial charge on any atom is 0.270 e. The number of rotatable bonds is 4. The summed E-state index contributed by atoms with van der Waals surface area (Å²) in [7, 11) is 1.86. The predicted molar refractivity (Wildman–Crippen MR) is 92.4 cm³/mol. The van der Waals surface area contributed by atoms with Crippen LogP contribution in [0.15, 0.2) is 47.8 Å². The minimum atomic E-state index is 0.0703. The van der Waals surface area contributed by atoms with Gasteiger partial charge in [-0.05, 0) is 36.9 Å². The Labute approximate surface area is 134 Å². The van der Waals surface area contributed by atoms with Crippen LogP contribution in [0.4, 0.5) is 0 Å². The van der Waals surface area contributed by atoms with Gasteiger partial charge >= 0.3 is 0 Å². The molecule has 22 heavy (non-hydrogen) atoms. The van der Waals surface area contributed by atoms with Crippen molar-refractivity contribution in [3.05, 3.63) is 59.1 Å². The summed E-state index contributed by atoms with van der Waals surface area (Å²) in [5.74, 6) is 0.0703. The van der Waals surface area contributed by atoms with E-state index in [0.29, 0.717) is 6.54 Å². The number of carbonyl (C=O) groups is 1. The van der Waals surface area contributed by atoms with Crippen molar-refractivity contribution in [3.63, 3.8) is 0 Å². The van der Waals surface area contributed by atoms with Crippen LogP contribution in [-0.4, -0.2) is 22.4 Å². The Morgan fingerprint density at radius 3 is 2.64 bits per heavy atom. The summed E-state index contributed by atoms with van der Waals surface area (Å²) in [5.41, 5.74) is 3.06. The van der Waals surface area contributed by atoms with Crippen LogP contribution in [-0.2, 0) is 6.54 Å². The van der Waals surface area contributed by atoms with Gasteiger partial charge in [0.1, 0.15) is 5.69 Å². The zero-order valence-electron chi connectivity index (χ0n) is 13.1. The molecule has 1 amide bonds. The van der Waals surface area contributed by atoms with Crippen LogP contribution >= 0.6 is 11.3 Å². The predicted octanol–water partition coefficient (Wildman–Crippen LogP) is 4.56. The van der Waals surface area contributed by atoms with Crippen molar-refractivity contribution in [2.75, 3.05) is 7.05 Å². The Bertz CT molecular complexity index is 786. The molecule has 4 heteroatoms. The molecule has 0 radical (unpaired) electrons. The maximum atomic E-state index is 12.9. The zero-order chi connectivity index (χ0) is 15.7. The first-order valence-electron chi connectivity index (χ1n) is 7.45. The number of carbonyl (C=O) groups excluding carboxylic acids is 1. The molecule has 0 aliphatic carbocycles. The molecular formula is C18H20N2OS. The average molecular weight is 312 g/mol. The van der Waals surface area contributed by atoms with E-state index < -0.39 is 0 Å². The lowest BCUT2D eigenvalue weighted by Gasteiger charge is -2.20. The standard InChI is InChI=1S/C18H20N2OS/c1-13(2)20-15-9-10-22-17(15)11-16(20)18(21)19(3)12-14-7-5-4-6-8-14/h4-11,13H,12H2,1-3H3. The Hall–Kier alpha value is -2.07. The monoisotopic (exact) mass is 312 g/mol. The molecule has 0 atom stereocenters. The summed E-state index contributed by atoms with van der Waals surface area (Å²) >= 11 is 1.68. The van der Waals surface area contributed by atoms with Crippen molar-refractivity contribution in [3.8, 4) is 0 Å². The lowest BCUT2D eigenvalue weighted by Crippen LogP contribution is -2.28. The average Bonchev–Trinajstić information content (AvgIpc) is 3.07. The molecule has 0 aliphatic rings. The van der Waals surface area contributed by atoms with Crippen LogP contribution in [0.2, 0.25) is 0 Å². The third kappa shape index (κ3) is 2.66. The van der Waals surface area contributed by atoms with Gasteiger partial charge in [-0.25, -0.2) is 0 Å². The summed E-state index contributed by atoms with van der Waals surface area (Å²) in [5, 5.41) is 2.07. The number of hydrogen-bond acceptors (Lipinski definition) is 2. The summed E-state index contributed by atoms with van der Waals surface area (Å²) < 4.78 is 3.31. The fourth-order valence-corrected chi connectivity index (χ4v) is 3.60. The van der Waals surface area contributed by atoms with Gasteiger partial charge in [-0.3, -0.25) is 4.79 Å². The topological polar surface area (TPSA) is 25.2 Å². The van der Waals surface area contributed by atoms with Crippen molar-refractivity contribution in [2.24, 2.45) is 0 Å². The summed E-state index contributed by atoms with van der Waals surface area (Å²) in [6, 6.07) is 14.5. The van der Waals surface area contributed by atoms with E-state index in [2.05, 4.69) is 29.9 Å². The smallest absolute Gasteiger partial charge is 0.270 e. The van der Waals surface area contributed by atoms with Crippen molar-refractivity contribution >= 4 is 27.5 Å². The van der Waals surface area contributed by atoms with Crippen molar-refractivity contribution in [1.29, 1.82) is 0 Å². The van der Waals surface area contributed by atoms with Gasteiger partial charge < -0.3 is 9.47 Å². The second kappa shape index (κ2) is 5.97. The summed E-state index contributed by atoms with van der Waals surface area (Å²) in [4.78, 5) is 14.6. The van der Waals surface area contributed by atoms with Crippen LogP contribution in [0.5, 0.6) is 0 Å². The van der Waals surface area contributed by atoms with E-state index in [-0.39, 0.29) is 11.9 Å². The highest BCUT2D eigenvalue weighted by molar-refractivity contribution is 7.17. The number of nitrogens with zero attached hydrogens (tertiary/aromatic N) is 2. The lowest BCUT2D eigenvalue weighted by molar-refractivity contribution is 0.0773. The molecule has 114 valence electrons. The van der Waals surface area contributed by atoms with E-state index >= 15 is 0 Å². The molecule has 0 N–H and O–H groups in total. The third-order valence-corrected chi connectivity index (χ3v) is 4.66. The quantitative estimate of drug-likeness (QED) is 0.693. The van der Waals surface area contributed by atoms with E-state index in [1.165, 1.54) is 4.70 Å². The number of amides is 1. The fourth-order valence-electron chi connectivity index (χ4n) is 2.79. The molecule has 1 aromatic carbocycles. The highest BCUT2D eigenvalue weighted by Gasteiger charge is 2.21. The summed E-state index contributed by atoms with van der Waals surface area (Å²) in [6.45, 7) is 4.85. The van der Waals surface area contributed by atoms with E-state index in [1.807, 2.05) is 43.4 Å². The van der Waals surface area contributed by atoms with Gasteiger partial charge in [0.25, 0.3) is 5.91 Å². The molecule has 3 nitrogen and oxygen atoms in total. The number of benzene rings is 1. The third-order valence-electron chi connectivity index (χ3n) is 3.81. The largest absolute Gasteiger partial charge is 0.336 e. The molecule has 3 aromatic rings. The van der Waals surface area contributed by atoms with Gasteiger partial charge in [0.15, 0.2) is 0 Å². The van der Waals surface area contributed by atoms with Crippen molar-refractivity contribution < 1.29 is 4.79 Å². The molecule has 3 rings (SSSR count). The fraction of sp³-hybridized carbons (Fsp3) is 0.278. The van der Waals surface area contributed by atoms with Gasteiger partial charge in [0.05, 0.1) is 10.2 Å². The van der Waals surface area contributed by atoms with E-state index in [1.54, 1.807) is 16.2 Å². The van der Waals surface area contributed by atoms with Gasteiger partial charge in [-0.1, -0.05) is 30.3 Å². The van der Waals surface area contributed by atoms with Crippen LogP contribution in [0.1, 0.15) is 35.9 Å². The van der Waals surface area contributed by atoms with Gasteiger partial charge in [-0.2, -0.15) is 0 Å². The Morgan fingerprint density at radius 1 is 1.23 bits per heavy atom. The first kappa shape index (κ1) is 14.9. The molecule has 0 bridgehead atoms. The number of fused-ring (bicyclic) bond motifs is 1. The molecule has 0 saturated carbocycles. The number of hydrogen-bond donors (Lipinski definition) is 0. The van der Waals surface area contributed by atoms with Crippen LogP contribution in [0.25, 0.3) is 10.2 Å². The van der Waals surface area contributed by atoms with Gasteiger partial charge in [0.2, 0.25) is 0 Å². The molecule has 0 fully saturated rings. The molecule has 0 unspecified atom stereocenters. The first-order valence-corrected chi connectivity index (χ1v) is 8.33. The Kier molecular flexibility index (Phi) is 4.03. The van der Waals surface area contributed by atoms with Gasteiger partial charge in [-0.15, -0.1) is 11.3 Å². The lowest BCUT2D eigenvalue weighted by atomic mass is 10.2. The molecule has 0 spiro atoms. The Balaban J connectivity index is 1.91. The van der Waals surface area contributed by atoms with E-state index in [9.17, 15) is 4.79 Å². The second-order valence-electron chi connectivity index (χ2n) is 5.81. The first-order chi connectivity index (χ1) is 10.6. The van der Waals surface area contributed by atoms with Gasteiger partial charge in [0, 0.05) is 19.6 Å². The zero-order valence-corrected chi connectivity index (χ0v) is 13.9. The van der Waals surface area contributed by atoms with Crippen LogP contribution < -0.4 is 0 Å². The molecule has 2 heterocycles. The molecule has 0 saturated heterocycles. The number of thiophene rings is 1. The minimum Gasteiger partial charge on any atom is -0.336 e. The molecule has 0 aliphatic heterocycles.